The van der Waals surface area contributed by atoms with E-state index in [1.807, 2.05) is 0 Å². The maximum absolute atomic E-state index is 9.42. The Hall–Kier alpha value is -0.900. The average Bonchev–Trinajstić information content (AvgIpc) is 2.37. The molecule has 1 aliphatic heterocycles. The van der Waals surface area contributed by atoms with Gasteiger partial charge < -0.3 is 10.4 Å². The van der Waals surface area contributed by atoms with Gasteiger partial charge in [-0.2, -0.15) is 0 Å². The lowest BCUT2D eigenvalue weighted by Gasteiger charge is -2.36. The van der Waals surface area contributed by atoms with Crippen LogP contribution < -0.4 is 5.32 Å². The molecule has 1 atom stereocenters. The van der Waals surface area contributed by atoms with Crippen LogP contribution in [0.1, 0.15) is 34.7 Å². The first kappa shape index (κ1) is 14.5. The normalized spacial score (nSPS) is 18.5. The van der Waals surface area contributed by atoms with Crippen molar-refractivity contribution in [2.24, 2.45) is 0 Å². The summed E-state index contributed by atoms with van der Waals surface area (Å²) in [6.07, 6.45) is 0.824. The summed E-state index contributed by atoms with van der Waals surface area (Å²) in [4.78, 5) is 2.51. The smallest absolute Gasteiger partial charge is 0.0449 e. The van der Waals surface area contributed by atoms with E-state index in [2.05, 4.69) is 43.1 Å². The van der Waals surface area contributed by atoms with E-state index in [-0.39, 0.29) is 6.61 Å². The summed E-state index contributed by atoms with van der Waals surface area (Å²) in [6, 6.07) is 4.87. The Morgan fingerprint density at radius 2 is 1.74 bits per heavy atom. The fraction of sp³-hybridized carbons (Fsp3) is 0.625. The molecule has 0 bridgehead atoms. The Labute approximate surface area is 116 Å². The molecule has 1 heterocycles. The molecule has 0 aliphatic carbocycles. The lowest BCUT2D eigenvalue weighted by atomic mass is 9.91. The highest BCUT2D eigenvalue weighted by molar-refractivity contribution is 5.39. The van der Waals surface area contributed by atoms with Gasteiger partial charge in [-0.3, -0.25) is 4.90 Å². The van der Waals surface area contributed by atoms with Crippen LogP contribution in [-0.2, 0) is 0 Å². The van der Waals surface area contributed by atoms with Crippen LogP contribution in [0.25, 0.3) is 0 Å². The molecule has 106 valence electrons. The average molecular weight is 262 g/mol. The molecule has 2 N–H and O–H groups in total. The summed E-state index contributed by atoms with van der Waals surface area (Å²) in [5, 5.41) is 12.8. The molecule has 2 rings (SSSR count). The van der Waals surface area contributed by atoms with E-state index in [0.717, 1.165) is 32.6 Å². The van der Waals surface area contributed by atoms with Crippen molar-refractivity contribution in [1.82, 2.24) is 10.2 Å². The van der Waals surface area contributed by atoms with Crippen molar-refractivity contribution in [2.45, 2.75) is 33.2 Å². The summed E-state index contributed by atoms with van der Waals surface area (Å²) in [5.41, 5.74) is 5.45. The monoisotopic (exact) mass is 262 g/mol. The molecular weight excluding hydrogens is 236 g/mol. The Balaban J connectivity index is 2.32. The number of piperazine rings is 1. The molecule has 0 aromatic heterocycles. The Kier molecular flexibility index (Phi) is 4.97. The molecule has 19 heavy (non-hydrogen) atoms. The molecule has 0 spiro atoms. The minimum Gasteiger partial charge on any atom is -0.396 e. The molecule has 1 unspecified atom stereocenters. The minimum absolute atomic E-state index is 0.251. The van der Waals surface area contributed by atoms with Gasteiger partial charge in [0.25, 0.3) is 0 Å². The largest absolute Gasteiger partial charge is 0.396 e. The van der Waals surface area contributed by atoms with E-state index in [4.69, 9.17) is 0 Å². The lowest BCUT2D eigenvalue weighted by Crippen LogP contribution is -2.45. The van der Waals surface area contributed by atoms with Gasteiger partial charge in [-0.05, 0) is 43.9 Å². The van der Waals surface area contributed by atoms with Crippen molar-refractivity contribution in [1.29, 1.82) is 0 Å². The molecule has 1 saturated heterocycles. The molecular formula is C16H26N2O. The predicted octanol–water partition coefficient (Wildman–Crippen LogP) is 1.94. The molecule has 1 aromatic rings. The molecule has 0 radical (unpaired) electrons. The van der Waals surface area contributed by atoms with Crippen LogP contribution in [0.15, 0.2) is 12.1 Å². The molecule has 3 nitrogen and oxygen atoms in total. The first-order valence-corrected chi connectivity index (χ1v) is 7.27. The second-order valence-corrected chi connectivity index (χ2v) is 5.63. The highest BCUT2D eigenvalue weighted by Crippen LogP contribution is 2.30. The quantitative estimate of drug-likeness (QED) is 0.870. The summed E-state index contributed by atoms with van der Waals surface area (Å²) >= 11 is 0. The molecule has 1 aliphatic rings. The predicted molar refractivity (Wildman–Crippen MR) is 79.5 cm³/mol. The van der Waals surface area contributed by atoms with E-state index in [1.165, 1.54) is 22.3 Å². The standard InChI is InChI=1S/C16H26N2O/c1-12-10-13(2)16(14(3)11-12)15(4-9-19)18-7-5-17-6-8-18/h10-11,15,17,19H,4-9H2,1-3H3. The number of hydrogen-bond acceptors (Lipinski definition) is 3. The van der Waals surface area contributed by atoms with E-state index in [0.29, 0.717) is 6.04 Å². The third-order valence-corrected chi connectivity index (χ3v) is 4.07. The van der Waals surface area contributed by atoms with Gasteiger partial charge in [0, 0.05) is 38.8 Å². The van der Waals surface area contributed by atoms with Crippen LogP contribution in [0, 0.1) is 20.8 Å². The maximum atomic E-state index is 9.42. The van der Waals surface area contributed by atoms with Gasteiger partial charge in [0.05, 0.1) is 0 Å². The van der Waals surface area contributed by atoms with E-state index < -0.39 is 0 Å². The van der Waals surface area contributed by atoms with Crippen LogP contribution in [0.4, 0.5) is 0 Å². The number of aliphatic hydroxyl groups is 1. The zero-order valence-electron chi connectivity index (χ0n) is 12.4. The van der Waals surface area contributed by atoms with Gasteiger partial charge in [0.2, 0.25) is 0 Å². The fourth-order valence-electron chi connectivity index (χ4n) is 3.34. The van der Waals surface area contributed by atoms with Crippen LogP contribution in [0.2, 0.25) is 0 Å². The minimum atomic E-state index is 0.251. The van der Waals surface area contributed by atoms with Gasteiger partial charge in [0.15, 0.2) is 0 Å². The summed E-state index contributed by atoms with van der Waals surface area (Å²) < 4.78 is 0. The second-order valence-electron chi connectivity index (χ2n) is 5.63. The number of nitrogens with zero attached hydrogens (tertiary/aromatic N) is 1. The molecule has 0 amide bonds. The SMILES string of the molecule is Cc1cc(C)c(C(CCO)N2CCNCC2)c(C)c1. The number of benzene rings is 1. The van der Waals surface area contributed by atoms with E-state index in [1.54, 1.807) is 0 Å². The van der Waals surface area contributed by atoms with Crippen LogP contribution in [0.3, 0.4) is 0 Å². The third kappa shape index (κ3) is 3.35. The molecule has 0 saturated carbocycles. The number of hydrogen-bond donors (Lipinski definition) is 2. The van der Waals surface area contributed by atoms with Gasteiger partial charge >= 0.3 is 0 Å². The van der Waals surface area contributed by atoms with E-state index >= 15 is 0 Å². The van der Waals surface area contributed by atoms with Crippen molar-refractivity contribution in [2.75, 3.05) is 32.8 Å². The number of aliphatic hydroxyl groups excluding tert-OH is 1. The van der Waals surface area contributed by atoms with Crippen molar-refractivity contribution in [3.8, 4) is 0 Å². The second kappa shape index (κ2) is 6.51. The topological polar surface area (TPSA) is 35.5 Å². The highest BCUT2D eigenvalue weighted by atomic mass is 16.3. The van der Waals surface area contributed by atoms with Crippen LogP contribution in [-0.4, -0.2) is 42.8 Å². The van der Waals surface area contributed by atoms with Gasteiger partial charge in [-0.1, -0.05) is 17.7 Å². The third-order valence-electron chi connectivity index (χ3n) is 4.07. The Bertz CT molecular complexity index is 402. The number of rotatable bonds is 4. The van der Waals surface area contributed by atoms with Crippen molar-refractivity contribution >= 4 is 0 Å². The zero-order valence-corrected chi connectivity index (χ0v) is 12.4. The Morgan fingerprint density at radius 3 is 2.26 bits per heavy atom. The summed E-state index contributed by atoms with van der Waals surface area (Å²) in [7, 11) is 0. The first-order valence-electron chi connectivity index (χ1n) is 7.27. The molecule has 1 aromatic carbocycles. The summed E-state index contributed by atoms with van der Waals surface area (Å²) in [5.74, 6) is 0. The lowest BCUT2D eigenvalue weighted by molar-refractivity contribution is 0.140. The highest BCUT2D eigenvalue weighted by Gasteiger charge is 2.24. The van der Waals surface area contributed by atoms with Gasteiger partial charge in [0.1, 0.15) is 0 Å². The van der Waals surface area contributed by atoms with Crippen LogP contribution >= 0.6 is 0 Å². The van der Waals surface area contributed by atoms with Crippen molar-refractivity contribution in [3.05, 3.63) is 34.4 Å². The maximum Gasteiger partial charge on any atom is 0.0449 e. The van der Waals surface area contributed by atoms with E-state index in [9.17, 15) is 5.11 Å². The zero-order chi connectivity index (χ0) is 13.8. The molecule has 1 fully saturated rings. The van der Waals surface area contributed by atoms with Gasteiger partial charge in [-0.25, -0.2) is 0 Å². The number of aryl methyl sites for hydroxylation is 3. The number of nitrogens with one attached hydrogen (secondary N) is 1. The van der Waals surface area contributed by atoms with Crippen molar-refractivity contribution < 1.29 is 5.11 Å². The van der Waals surface area contributed by atoms with Gasteiger partial charge in [-0.15, -0.1) is 0 Å². The first-order chi connectivity index (χ1) is 9.13. The molecule has 3 heteroatoms. The van der Waals surface area contributed by atoms with Crippen molar-refractivity contribution in [3.63, 3.8) is 0 Å². The Morgan fingerprint density at radius 1 is 1.16 bits per heavy atom. The summed E-state index contributed by atoms with van der Waals surface area (Å²) in [6.45, 7) is 11.0. The fourth-order valence-corrected chi connectivity index (χ4v) is 3.34. The van der Waals surface area contributed by atoms with Crippen LogP contribution in [0.5, 0.6) is 0 Å².